The lowest BCUT2D eigenvalue weighted by Crippen LogP contribution is -2.05. The van der Waals surface area contributed by atoms with Crippen LogP contribution in [0, 0.1) is 35.7 Å². The van der Waals surface area contributed by atoms with Crippen molar-refractivity contribution in [1.29, 1.82) is 5.26 Å². The largest absolute Gasteiger partial charge is 0.381 e. The molecule has 102 valence electrons. The van der Waals surface area contributed by atoms with Gasteiger partial charge in [-0.05, 0) is 30.7 Å². The van der Waals surface area contributed by atoms with Crippen molar-refractivity contribution in [3.05, 3.63) is 64.5 Å². The molecule has 2 rings (SSSR count). The van der Waals surface area contributed by atoms with Gasteiger partial charge in [0, 0.05) is 23.9 Å². The Labute approximate surface area is 114 Å². The van der Waals surface area contributed by atoms with Crippen LogP contribution in [0.1, 0.15) is 16.7 Å². The first kappa shape index (κ1) is 13.9. The molecular weight excluding hydrogens is 265 g/mol. The Morgan fingerprint density at radius 1 is 1.05 bits per heavy atom. The predicted octanol–water partition coefficient (Wildman–Crippen LogP) is 3.90. The molecule has 0 unspecified atom stereocenters. The average molecular weight is 276 g/mol. The lowest BCUT2D eigenvalue weighted by Gasteiger charge is -2.11. The van der Waals surface area contributed by atoms with Gasteiger partial charge < -0.3 is 5.32 Å². The Morgan fingerprint density at radius 2 is 1.75 bits per heavy atom. The van der Waals surface area contributed by atoms with Crippen molar-refractivity contribution < 1.29 is 13.2 Å². The summed E-state index contributed by atoms with van der Waals surface area (Å²) in [5.74, 6) is -3.12. The van der Waals surface area contributed by atoms with E-state index < -0.39 is 17.5 Å². The Kier molecular flexibility index (Phi) is 3.94. The summed E-state index contributed by atoms with van der Waals surface area (Å²) in [4.78, 5) is 0. The van der Waals surface area contributed by atoms with E-state index >= 15 is 0 Å². The first-order valence-corrected chi connectivity index (χ1v) is 5.89. The highest BCUT2D eigenvalue weighted by Gasteiger charge is 2.10. The third-order valence-corrected chi connectivity index (χ3v) is 2.93. The minimum Gasteiger partial charge on any atom is -0.381 e. The SMILES string of the molecule is Cc1ccc(C#N)cc1NCc1cc(F)c(F)cc1F. The number of hydrogen-bond acceptors (Lipinski definition) is 2. The summed E-state index contributed by atoms with van der Waals surface area (Å²) in [6.07, 6.45) is 0. The van der Waals surface area contributed by atoms with Crippen molar-refractivity contribution in [2.75, 3.05) is 5.32 Å². The second-order valence-corrected chi connectivity index (χ2v) is 4.35. The van der Waals surface area contributed by atoms with Gasteiger partial charge in [-0.1, -0.05) is 6.07 Å². The number of benzene rings is 2. The summed E-state index contributed by atoms with van der Waals surface area (Å²) in [6.45, 7) is 1.82. The van der Waals surface area contributed by atoms with E-state index in [1.54, 1.807) is 18.2 Å². The average Bonchev–Trinajstić information content (AvgIpc) is 2.43. The van der Waals surface area contributed by atoms with Gasteiger partial charge >= 0.3 is 0 Å². The predicted molar refractivity (Wildman–Crippen MR) is 69.5 cm³/mol. The molecule has 0 amide bonds. The van der Waals surface area contributed by atoms with E-state index in [0.29, 0.717) is 17.3 Å². The van der Waals surface area contributed by atoms with Crippen molar-refractivity contribution in [3.63, 3.8) is 0 Å². The molecule has 0 fully saturated rings. The number of nitriles is 1. The van der Waals surface area contributed by atoms with E-state index in [1.807, 2.05) is 13.0 Å². The number of hydrogen-bond donors (Lipinski definition) is 1. The summed E-state index contributed by atoms with van der Waals surface area (Å²) in [5, 5.41) is 11.7. The van der Waals surface area contributed by atoms with Crippen LogP contribution in [-0.2, 0) is 6.54 Å². The zero-order chi connectivity index (χ0) is 14.7. The zero-order valence-electron chi connectivity index (χ0n) is 10.7. The van der Waals surface area contributed by atoms with Crippen molar-refractivity contribution >= 4 is 5.69 Å². The monoisotopic (exact) mass is 276 g/mol. The summed E-state index contributed by atoms with van der Waals surface area (Å²) >= 11 is 0. The molecule has 0 saturated carbocycles. The fourth-order valence-electron chi connectivity index (χ4n) is 1.77. The Hall–Kier alpha value is -2.48. The van der Waals surface area contributed by atoms with Gasteiger partial charge in [-0.15, -0.1) is 0 Å². The first-order valence-electron chi connectivity index (χ1n) is 5.89. The second kappa shape index (κ2) is 5.66. The van der Waals surface area contributed by atoms with Crippen LogP contribution in [0.4, 0.5) is 18.9 Å². The van der Waals surface area contributed by atoms with Crippen LogP contribution in [0.3, 0.4) is 0 Å². The molecule has 20 heavy (non-hydrogen) atoms. The molecule has 0 aliphatic rings. The number of nitrogens with zero attached hydrogens (tertiary/aromatic N) is 1. The lowest BCUT2D eigenvalue weighted by atomic mass is 10.1. The van der Waals surface area contributed by atoms with Gasteiger partial charge in [-0.25, -0.2) is 13.2 Å². The molecule has 0 aromatic heterocycles. The van der Waals surface area contributed by atoms with Crippen molar-refractivity contribution in [1.82, 2.24) is 0 Å². The highest BCUT2D eigenvalue weighted by Crippen LogP contribution is 2.19. The van der Waals surface area contributed by atoms with Gasteiger partial charge in [0.05, 0.1) is 11.6 Å². The molecule has 2 aromatic carbocycles. The van der Waals surface area contributed by atoms with E-state index in [9.17, 15) is 13.2 Å². The number of rotatable bonds is 3. The maximum Gasteiger partial charge on any atom is 0.161 e. The van der Waals surface area contributed by atoms with Crippen LogP contribution in [-0.4, -0.2) is 0 Å². The molecule has 0 bridgehead atoms. The van der Waals surface area contributed by atoms with Gasteiger partial charge in [0.2, 0.25) is 0 Å². The van der Waals surface area contributed by atoms with Crippen LogP contribution in [0.25, 0.3) is 0 Å². The molecule has 0 spiro atoms. The third kappa shape index (κ3) is 2.91. The van der Waals surface area contributed by atoms with Gasteiger partial charge in [-0.3, -0.25) is 0 Å². The number of anilines is 1. The normalized spacial score (nSPS) is 10.2. The molecule has 2 nitrogen and oxygen atoms in total. The maximum absolute atomic E-state index is 13.5. The standard InChI is InChI=1S/C15H11F3N2/c1-9-2-3-10(7-19)4-15(9)20-8-11-5-13(17)14(18)6-12(11)16/h2-6,20H,8H2,1H3. The van der Waals surface area contributed by atoms with Gasteiger partial charge in [-0.2, -0.15) is 5.26 Å². The molecule has 0 saturated heterocycles. The highest BCUT2D eigenvalue weighted by molar-refractivity contribution is 5.55. The Bertz CT molecular complexity index is 690. The topological polar surface area (TPSA) is 35.8 Å². The number of nitrogens with one attached hydrogen (secondary N) is 1. The molecular formula is C15H11F3N2. The minimum atomic E-state index is -1.21. The van der Waals surface area contributed by atoms with Gasteiger partial charge in [0.1, 0.15) is 5.82 Å². The maximum atomic E-state index is 13.5. The van der Waals surface area contributed by atoms with Crippen LogP contribution in [0.2, 0.25) is 0 Å². The van der Waals surface area contributed by atoms with Gasteiger partial charge in [0.15, 0.2) is 11.6 Å². The van der Waals surface area contributed by atoms with Crippen LogP contribution >= 0.6 is 0 Å². The second-order valence-electron chi connectivity index (χ2n) is 4.35. The highest BCUT2D eigenvalue weighted by atomic mass is 19.2. The van der Waals surface area contributed by atoms with Crippen molar-refractivity contribution in [2.24, 2.45) is 0 Å². The summed E-state index contributed by atoms with van der Waals surface area (Å²) in [5.41, 5.74) is 2.00. The van der Waals surface area contributed by atoms with E-state index in [4.69, 9.17) is 5.26 Å². The Morgan fingerprint density at radius 3 is 2.45 bits per heavy atom. The third-order valence-electron chi connectivity index (χ3n) is 2.93. The fourth-order valence-corrected chi connectivity index (χ4v) is 1.77. The fraction of sp³-hybridized carbons (Fsp3) is 0.133. The molecule has 0 atom stereocenters. The van der Waals surface area contributed by atoms with E-state index in [2.05, 4.69) is 5.32 Å². The molecule has 2 aromatic rings. The summed E-state index contributed by atoms with van der Waals surface area (Å²) in [6, 6.07) is 8.37. The van der Waals surface area contributed by atoms with Gasteiger partial charge in [0.25, 0.3) is 0 Å². The molecule has 0 radical (unpaired) electrons. The smallest absolute Gasteiger partial charge is 0.161 e. The van der Waals surface area contributed by atoms with Crippen LogP contribution < -0.4 is 5.32 Å². The molecule has 0 aliphatic carbocycles. The summed E-state index contributed by atoms with van der Waals surface area (Å²) in [7, 11) is 0. The first-order chi connectivity index (χ1) is 9.51. The number of aryl methyl sites for hydroxylation is 1. The minimum absolute atomic E-state index is 0.00123. The summed E-state index contributed by atoms with van der Waals surface area (Å²) < 4.78 is 39.4. The van der Waals surface area contributed by atoms with Crippen molar-refractivity contribution in [3.8, 4) is 6.07 Å². The molecule has 5 heteroatoms. The van der Waals surface area contributed by atoms with E-state index in [1.165, 1.54) is 0 Å². The van der Waals surface area contributed by atoms with E-state index in [0.717, 1.165) is 11.6 Å². The van der Waals surface area contributed by atoms with E-state index in [-0.39, 0.29) is 12.1 Å². The zero-order valence-corrected chi connectivity index (χ0v) is 10.7. The van der Waals surface area contributed by atoms with Crippen LogP contribution in [0.15, 0.2) is 30.3 Å². The number of halogens is 3. The quantitative estimate of drug-likeness (QED) is 0.863. The molecule has 0 heterocycles. The van der Waals surface area contributed by atoms with Crippen molar-refractivity contribution in [2.45, 2.75) is 13.5 Å². The van der Waals surface area contributed by atoms with Crippen LogP contribution in [0.5, 0.6) is 0 Å². The molecule has 1 N–H and O–H groups in total. The molecule has 0 aliphatic heterocycles. The lowest BCUT2D eigenvalue weighted by molar-refractivity contribution is 0.490. The Balaban J connectivity index is 2.21.